The molecule has 5 rings (SSSR count). The first-order chi connectivity index (χ1) is 22.4. The maximum atomic E-state index is 15.8. The van der Waals surface area contributed by atoms with Crippen molar-refractivity contribution in [3.8, 4) is 17.0 Å². The lowest BCUT2D eigenvalue weighted by molar-refractivity contribution is 0.191. The highest BCUT2D eigenvalue weighted by atomic mass is 32.2. The Morgan fingerprint density at radius 1 is 1.04 bits per heavy atom. The fourth-order valence-corrected chi connectivity index (χ4v) is 7.21. The van der Waals surface area contributed by atoms with Gasteiger partial charge in [0.05, 0.1) is 29.8 Å². The van der Waals surface area contributed by atoms with Gasteiger partial charge >= 0.3 is 0 Å². The second-order valence-electron chi connectivity index (χ2n) is 12.1. The van der Waals surface area contributed by atoms with E-state index < -0.39 is 38.1 Å². The van der Waals surface area contributed by atoms with Crippen LogP contribution in [-0.2, 0) is 14.8 Å². The molecule has 10 nitrogen and oxygen atoms in total. The zero-order valence-corrected chi connectivity index (χ0v) is 27.8. The van der Waals surface area contributed by atoms with Gasteiger partial charge in [-0.2, -0.15) is 5.10 Å². The molecule has 1 fully saturated rings. The molecule has 1 aliphatic carbocycles. The van der Waals surface area contributed by atoms with Crippen LogP contribution in [0.15, 0.2) is 41.4 Å². The van der Waals surface area contributed by atoms with Gasteiger partial charge < -0.3 is 20.5 Å². The number of hydrogen-bond donors (Lipinski definition) is 3. The lowest BCUT2D eigenvalue weighted by atomic mass is 9.81. The molecule has 0 amide bonds. The first kappa shape index (κ1) is 34.5. The van der Waals surface area contributed by atoms with E-state index in [-0.39, 0.29) is 41.4 Å². The van der Waals surface area contributed by atoms with Gasteiger partial charge in [-0.25, -0.2) is 26.6 Å². The van der Waals surface area contributed by atoms with Crippen LogP contribution in [0.2, 0.25) is 0 Å². The minimum absolute atomic E-state index is 0.0908. The molecule has 4 N–H and O–H groups in total. The van der Waals surface area contributed by atoms with Crippen LogP contribution in [0.25, 0.3) is 22.2 Å². The summed E-state index contributed by atoms with van der Waals surface area (Å²) in [7, 11) is -2.98. The number of nitrogens with zero attached hydrogens (tertiary/aromatic N) is 3. The number of pyridine rings is 1. The van der Waals surface area contributed by atoms with Gasteiger partial charge in [0.15, 0.2) is 0 Å². The van der Waals surface area contributed by atoms with E-state index in [0.29, 0.717) is 36.0 Å². The molecule has 1 saturated carbocycles. The molecular formula is C33H41F3N6O4S. The first-order valence-corrected chi connectivity index (χ1v) is 17.3. The average molecular weight is 675 g/mol. The average Bonchev–Trinajstić information content (AvgIpc) is 3.44. The van der Waals surface area contributed by atoms with Crippen molar-refractivity contribution in [3.05, 3.63) is 59.5 Å². The van der Waals surface area contributed by atoms with Gasteiger partial charge in [-0.05, 0) is 75.6 Å². The van der Waals surface area contributed by atoms with Gasteiger partial charge in [0.1, 0.15) is 39.6 Å². The number of ether oxygens (including phenoxy) is 2. The Bertz CT molecular complexity index is 1840. The fourth-order valence-electron chi connectivity index (χ4n) is 6.06. The number of sulfonamides is 1. The van der Waals surface area contributed by atoms with Crippen molar-refractivity contribution in [2.45, 2.75) is 75.8 Å². The Balaban J connectivity index is 1.49. The van der Waals surface area contributed by atoms with Crippen molar-refractivity contribution in [1.82, 2.24) is 20.1 Å². The standard InChI is InChI=1S/C33H41F3N6O4S/c1-5-13-46-22-10-11-25(34)29(15-22)47(43,44)41-28-17-26(35)23(16-27(28)36)31-30-32(42(40-31)19(2)3)24(18-39-33(30)37)20-6-8-21(9-7-20)38-12-14-45-4/h10-11,15-21,38,41H,5-9,12-14H2,1-4H3,(H2,37,39). The molecular weight excluding hydrogens is 633 g/mol. The van der Waals surface area contributed by atoms with Crippen LogP contribution in [0, 0.1) is 17.5 Å². The number of anilines is 2. The number of fused-ring (bicyclic) bond motifs is 1. The molecule has 0 spiro atoms. The van der Waals surface area contributed by atoms with Crippen molar-refractivity contribution in [2.24, 2.45) is 0 Å². The van der Waals surface area contributed by atoms with Crippen molar-refractivity contribution < 1.29 is 31.1 Å². The molecule has 2 aromatic carbocycles. The quantitative estimate of drug-likeness (QED) is 0.136. The van der Waals surface area contributed by atoms with Gasteiger partial charge in [0.2, 0.25) is 0 Å². The molecule has 254 valence electrons. The Hall–Kier alpha value is -3.88. The van der Waals surface area contributed by atoms with E-state index in [1.54, 1.807) is 18.0 Å². The lowest BCUT2D eigenvalue weighted by Gasteiger charge is -2.30. The van der Waals surface area contributed by atoms with Gasteiger partial charge in [-0.1, -0.05) is 6.92 Å². The number of nitrogen functional groups attached to an aromatic ring is 1. The van der Waals surface area contributed by atoms with Crippen molar-refractivity contribution in [2.75, 3.05) is 37.3 Å². The van der Waals surface area contributed by atoms with Gasteiger partial charge in [-0.3, -0.25) is 9.40 Å². The summed E-state index contributed by atoms with van der Waals surface area (Å²) in [6.45, 7) is 7.44. The largest absolute Gasteiger partial charge is 0.494 e. The SMILES string of the molecule is CCCOc1ccc(F)c(S(=O)(=O)Nc2cc(F)c(-c3nn(C(C)C)c4c(C5CCC(NCCOC)CC5)cnc(N)c34)cc2F)c1. The predicted molar refractivity (Wildman–Crippen MR) is 176 cm³/mol. The lowest BCUT2D eigenvalue weighted by Crippen LogP contribution is -2.34. The normalized spacial score (nSPS) is 17.0. The van der Waals surface area contributed by atoms with Crippen LogP contribution in [0.4, 0.5) is 24.7 Å². The molecule has 2 heterocycles. The second kappa shape index (κ2) is 14.5. The van der Waals surface area contributed by atoms with E-state index in [1.807, 2.05) is 25.5 Å². The van der Waals surface area contributed by atoms with E-state index in [1.165, 1.54) is 6.07 Å². The summed E-state index contributed by atoms with van der Waals surface area (Å²) in [5, 5.41) is 8.62. The van der Waals surface area contributed by atoms with E-state index >= 15 is 8.78 Å². The zero-order valence-electron chi connectivity index (χ0n) is 26.9. The topological polar surface area (TPSA) is 133 Å². The maximum absolute atomic E-state index is 15.8. The van der Waals surface area contributed by atoms with Crippen LogP contribution in [-0.4, -0.2) is 56.1 Å². The number of aromatic nitrogens is 3. The van der Waals surface area contributed by atoms with Crippen molar-refractivity contribution in [1.29, 1.82) is 0 Å². The number of benzene rings is 2. The molecule has 0 saturated heterocycles. The summed E-state index contributed by atoms with van der Waals surface area (Å²) < 4.78 is 86.5. The molecule has 0 unspecified atom stereocenters. The summed E-state index contributed by atoms with van der Waals surface area (Å²) in [6, 6.07) is 5.03. The zero-order chi connectivity index (χ0) is 33.9. The summed E-state index contributed by atoms with van der Waals surface area (Å²) in [6.07, 6.45) is 6.12. The van der Waals surface area contributed by atoms with E-state index in [2.05, 4.69) is 10.3 Å². The Morgan fingerprint density at radius 3 is 2.47 bits per heavy atom. The summed E-state index contributed by atoms with van der Waals surface area (Å²) in [5.74, 6) is -2.70. The minimum Gasteiger partial charge on any atom is -0.494 e. The smallest absolute Gasteiger partial charge is 0.265 e. The Morgan fingerprint density at radius 2 is 1.79 bits per heavy atom. The molecule has 14 heteroatoms. The third kappa shape index (κ3) is 7.34. The predicted octanol–water partition coefficient (Wildman–Crippen LogP) is 6.53. The number of halogens is 3. The van der Waals surface area contributed by atoms with E-state index in [9.17, 15) is 12.8 Å². The van der Waals surface area contributed by atoms with Gasteiger partial charge in [-0.15, -0.1) is 0 Å². The second-order valence-corrected chi connectivity index (χ2v) is 13.7. The summed E-state index contributed by atoms with van der Waals surface area (Å²) >= 11 is 0. The highest BCUT2D eigenvalue weighted by Crippen LogP contribution is 2.42. The molecule has 2 aromatic heterocycles. The molecule has 4 aromatic rings. The van der Waals surface area contributed by atoms with Crippen LogP contribution in [0.5, 0.6) is 5.75 Å². The number of rotatable bonds is 13. The van der Waals surface area contributed by atoms with Crippen molar-refractivity contribution >= 4 is 32.4 Å². The van der Waals surface area contributed by atoms with Crippen LogP contribution in [0.1, 0.15) is 70.4 Å². The Labute approximate surface area is 272 Å². The summed E-state index contributed by atoms with van der Waals surface area (Å²) in [4.78, 5) is 3.68. The minimum atomic E-state index is -4.66. The molecule has 0 atom stereocenters. The highest BCUT2D eigenvalue weighted by molar-refractivity contribution is 7.92. The third-order valence-electron chi connectivity index (χ3n) is 8.40. The number of hydrogen-bond acceptors (Lipinski definition) is 8. The summed E-state index contributed by atoms with van der Waals surface area (Å²) in [5.41, 5.74) is 7.21. The Kier molecular flexibility index (Phi) is 10.6. The first-order valence-electron chi connectivity index (χ1n) is 15.8. The van der Waals surface area contributed by atoms with E-state index in [0.717, 1.165) is 56.0 Å². The monoisotopic (exact) mass is 674 g/mol. The molecule has 1 aliphatic rings. The third-order valence-corrected chi connectivity index (χ3v) is 9.78. The number of nitrogens with two attached hydrogens (primary N) is 1. The highest BCUT2D eigenvalue weighted by Gasteiger charge is 2.30. The molecule has 0 radical (unpaired) electrons. The van der Waals surface area contributed by atoms with Crippen LogP contribution < -0.4 is 20.5 Å². The van der Waals surface area contributed by atoms with Gasteiger partial charge in [0.25, 0.3) is 10.0 Å². The fraction of sp³-hybridized carbons (Fsp3) is 0.455. The van der Waals surface area contributed by atoms with Crippen LogP contribution >= 0.6 is 0 Å². The number of nitrogens with one attached hydrogen (secondary N) is 2. The molecule has 0 bridgehead atoms. The van der Waals surface area contributed by atoms with E-state index in [4.69, 9.17) is 20.3 Å². The van der Waals surface area contributed by atoms with Crippen molar-refractivity contribution in [3.63, 3.8) is 0 Å². The van der Waals surface area contributed by atoms with Crippen LogP contribution in [0.3, 0.4) is 0 Å². The maximum Gasteiger partial charge on any atom is 0.265 e. The molecule has 0 aliphatic heterocycles. The molecule has 47 heavy (non-hydrogen) atoms. The van der Waals surface area contributed by atoms with Gasteiger partial charge in [0, 0.05) is 49.6 Å². The number of methoxy groups -OCH3 is 1.